The topological polar surface area (TPSA) is 104 Å². The van der Waals surface area contributed by atoms with Crippen LogP contribution in [0.5, 0.6) is 0 Å². The van der Waals surface area contributed by atoms with Gasteiger partial charge < -0.3 is 10.2 Å². The predicted octanol–water partition coefficient (Wildman–Crippen LogP) is 4.54. The lowest BCUT2D eigenvalue weighted by Crippen LogP contribution is -2.35. The number of nitriles is 1. The van der Waals surface area contributed by atoms with Crippen LogP contribution in [0, 0.1) is 35.4 Å². The Kier molecular flexibility index (Phi) is 6.62. The summed E-state index contributed by atoms with van der Waals surface area (Å²) in [5.41, 5.74) is 1.03. The van der Waals surface area contributed by atoms with Crippen molar-refractivity contribution in [2.24, 2.45) is 11.3 Å². The number of hydrogen-bond acceptors (Lipinski definition) is 5. The van der Waals surface area contributed by atoms with Gasteiger partial charge in [0.2, 0.25) is 5.91 Å². The minimum absolute atomic E-state index is 0.0590. The van der Waals surface area contributed by atoms with Gasteiger partial charge in [-0.25, -0.2) is 9.37 Å². The molecule has 1 aromatic carbocycles. The molecule has 1 atom stereocenters. The van der Waals surface area contributed by atoms with Gasteiger partial charge in [0.25, 0.3) is 5.91 Å². The first-order valence-corrected chi connectivity index (χ1v) is 12.4. The number of nitrogens with zero attached hydrogens (tertiary/aromatic N) is 5. The molecule has 2 fully saturated rings. The van der Waals surface area contributed by atoms with Gasteiger partial charge in [0.15, 0.2) is 0 Å². The van der Waals surface area contributed by atoms with E-state index < -0.39 is 29.9 Å². The summed E-state index contributed by atoms with van der Waals surface area (Å²) >= 11 is 0. The molecule has 3 heterocycles. The molecule has 5 rings (SSSR count). The molecular formula is C27H24F4N6O2. The summed E-state index contributed by atoms with van der Waals surface area (Å²) in [7, 11) is 0. The highest BCUT2D eigenvalue weighted by molar-refractivity contribution is 6.03. The number of carbonyl (C=O) groups is 2. The van der Waals surface area contributed by atoms with Crippen LogP contribution in [0.2, 0.25) is 0 Å². The zero-order chi connectivity index (χ0) is 27.9. The van der Waals surface area contributed by atoms with E-state index in [1.54, 1.807) is 19.1 Å². The number of pyridine rings is 1. The molecule has 1 saturated heterocycles. The summed E-state index contributed by atoms with van der Waals surface area (Å²) in [4.78, 5) is 31.9. The largest absolute Gasteiger partial charge is 0.408 e. The van der Waals surface area contributed by atoms with E-state index in [-0.39, 0.29) is 24.1 Å². The normalized spacial score (nSPS) is 19.3. The van der Waals surface area contributed by atoms with Gasteiger partial charge in [-0.15, -0.1) is 0 Å². The first kappa shape index (κ1) is 26.3. The van der Waals surface area contributed by atoms with Gasteiger partial charge in [-0.3, -0.25) is 14.3 Å². The maximum atomic E-state index is 14.3. The predicted molar refractivity (Wildman–Crippen MR) is 132 cm³/mol. The van der Waals surface area contributed by atoms with Crippen LogP contribution in [-0.4, -0.2) is 39.3 Å². The van der Waals surface area contributed by atoms with Crippen LogP contribution in [0.25, 0.3) is 11.1 Å². The summed E-state index contributed by atoms with van der Waals surface area (Å²) in [6.45, 7) is 0.723. The van der Waals surface area contributed by atoms with E-state index in [0.717, 1.165) is 17.5 Å². The fourth-order valence-corrected chi connectivity index (χ4v) is 5.03. The Morgan fingerprint density at radius 2 is 1.97 bits per heavy atom. The number of nitrogens with one attached hydrogen (secondary N) is 1. The van der Waals surface area contributed by atoms with Crippen LogP contribution in [0.1, 0.15) is 41.0 Å². The monoisotopic (exact) mass is 540 g/mol. The number of carbonyl (C=O) groups excluding carboxylic acids is 2. The Balaban J connectivity index is 1.30. The number of aryl methyl sites for hydroxylation is 1. The molecule has 39 heavy (non-hydrogen) atoms. The molecule has 2 amide bonds. The molecule has 0 radical (unpaired) electrons. The van der Waals surface area contributed by atoms with Crippen molar-refractivity contribution >= 4 is 17.5 Å². The van der Waals surface area contributed by atoms with E-state index in [1.807, 2.05) is 0 Å². The number of alkyl halides is 3. The first-order valence-electron chi connectivity index (χ1n) is 12.4. The van der Waals surface area contributed by atoms with Crippen molar-refractivity contribution in [3.8, 4) is 17.2 Å². The van der Waals surface area contributed by atoms with E-state index >= 15 is 0 Å². The van der Waals surface area contributed by atoms with Gasteiger partial charge in [-0.2, -0.15) is 23.5 Å². The number of amides is 2. The Morgan fingerprint density at radius 3 is 2.67 bits per heavy atom. The highest BCUT2D eigenvalue weighted by Crippen LogP contribution is 2.51. The second kappa shape index (κ2) is 9.80. The number of hydrogen-bond donors (Lipinski definition) is 1. The van der Waals surface area contributed by atoms with E-state index in [1.165, 1.54) is 35.5 Å². The summed E-state index contributed by atoms with van der Waals surface area (Å²) < 4.78 is 53.0. The van der Waals surface area contributed by atoms with Crippen molar-refractivity contribution in [3.63, 3.8) is 0 Å². The third-order valence-corrected chi connectivity index (χ3v) is 7.03. The molecule has 0 unspecified atom stereocenters. The minimum atomic E-state index is -4.44. The number of anilines is 1. The van der Waals surface area contributed by atoms with Crippen molar-refractivity contribution in [1.29, 1.82) is 5.26 Å². The molecule has 1 N–H and O–H groups in total. The Labute approximate surface area is 221 Å². The molecule has 12 heteroatoms. The standard InChI is InChI=1S/C27H24F4N6O2/c1-16-6-22(37-5-4-26(14-32,25(37)39)20-2-3-20)10-23(35-16)24(38)33-11-17-7-18(9-21(28)8-17)19-12-34-36(13-19)15-27(29,30)31/h6-10,12-13,20H,2-5,11,15H2,1H3,(H,33,38)/t26-/m1/s1. The van der Waals surface area contributed by atoms with Gasteiger partial charge in [-0.05, 0) is 73.6 Å². The molecule has 1 aliphatic carbocycles. The maximum absolute atomic E-state index is 14.3. The van der Waals surface area contributed by atoms with Crippen molar-refractivity contribution in [2.75, 3.05) is 11.4 Å². The quantitative estimate of drug-likeness (QED) is 0.443. The highest BCUT2D eigenvalue weighted by atomic mass is 19.4. The maximum Gasteiger partial charge on any atom is 0.408 e. The zero-order valence-electron chi connectivity index (χ0n) is 20.9. The molecule has 2 aromatic heterocycles. The molecule has 2 aliphatic rings. The number of aromatic nitrogens is 3. The summed E-state index contributed by atoms with van der Waals surface area (Å²) in [6.07, 6.45) is 0.0920. The average Bonchev–Trinajstić information content (AvgIpc) is 3.53. The van der Waals surface area contributed by atoms with Crippen LogP contribution < -0.4 is 10.2 Å². The second-order valence-electron chi connectivity index (χ2n) is 9.99. The fraction of sp³-hybridized carbons (Fsp3) is 0.370. The fourth-order valence-electron chi connectivity index (χ4n) is 5.03. The summed E-state index contributed by atoms with van der Waals surface area (Å²) in [6, 6.07) is 9.35. The van der Waals surface area contributed by atoms with Gasteiger partial charge >= 0.3 is 6.18 Å². The lowest BCUT2D eigenvalue weighted by atomic mass is 9.83. The van der Waals surface area contributed by atoms with Gasteiger partial charge in [0, 0.05) is 36.2 Å². The van der Waals surface area contributed by atoms with Crippen LogP contribution >= 0.6 is 0 Å². The van der Waals surface area contributed by atoms with E-state index in [4.69, 9.17) is 0 Å². The lowest BCUT2D eigenvalue weighted by molar-refractivity contribution is -0.142. The molecule has 202 valence electrons. The molecular weight excluding hydrogens is 516 g/mol. The molecule has 1 saturated carbocycles. The smallest absolute Gasteiger partial charge is 0.347 e. The minimum Gasteiger partial charge on any atom is -0.347 e. The summed E-state index contributed by atoms with van der Waals surface area (Å²) in [5, 5.41) is 16.1. The van der Waals surface area contributed by atoms with E-state index in [9.17, 15) is 32.4 Å². The van der Waals surface area contributed by atoms with Crippen molar-refractivity contribution in [2.45, 2.75) is 45.5 Å². The van der Waals surface area contributed by atoms with Crippen LogP contribution in [0.15, 0.2) is 42.7 Å². The third kappa shape index (κ3) is 5.48. The highest BCUT2D eigenvalue weighted by Gasteiger charge is 2.56. The number of rotatable bonds is 7. The number of benzene rings is 1. The molecule has 0 bridgehead atoms. The van der Waals surface area contributed by atoms with Crippen molar-refractivity contribution in [3.05, 3.63) is 65.5 Å². The average molecular weight is 541 g/mol. The number of halogens is 4. The van der Waals surface area contributed by atoms with E-state index in [0.29, 0.717) is 41.0 Å². The van der Waals surface area contributed by atoms with Crippen LogP contribution in [0.3, 0.4) is 0 Å². The Morgan fingerprint density at radius 1 is 1.21 bits per heavy atom. The van der Waals surface area contributed by atoms with Crippen molar-refractivity contribution < 1.29 is 27.2 Å². The second-order valence-corrected chi connectivity index (χ2v) is 9.99. The lowest BCUT2D eigenvalue weighted by Gasteiger charge is -2.21. The van der Waals surface area contributed by atoms with Gasteiger partial charge in [-0.1, -0.05) is 0 Å². The molecule has 8 nitrogen and oxygen atoms in total. The van der Waals surface area contributed by atoms with Gasteiger partial charge in [0.05, 0.1) is 12.3 Å². The van der Waals surface area contributed by atoms with Crippen molar-refractivity contribution in [1.82, 2.24) is 20.1 Å². The van der Waals surface area contributed by atoms with Gasteiger partial charge in [0.1, 0.15) is 23.5 Å². The summed E-state index contributed by atoms with van der Waals surface area (Å²) in [5.74, 6) is -1.36. The molecule has 1 aliphatic heterocycles. The Bertz CT molecular complexity index is 1490. The van der Waals surface area contributed by atoms with E-state index in [2.05, 4.69) is 21.5 Å². The Hall–Kier alpha value is -4.27. The van der Waals surface area contributed by atoms with Crippen LogP contribution in [-0.2, 0) is 17.9 Å². The SMILES string of the molecule is Cc1cc(N2CC[C@@](C#N)(C3CC3)C2=O)cc(C(=O)NCc2cc(F)cc(-c3cnn(CC(F)(F)F)c3)c2)n1. The molecule has 3 aromatic rings. The van der Waals surface area contributed by atoms with Crippen LogP contribution in [0.4, 0.5) is 23.2 Å². The first-order chi connectivity index (χ1) is 18.5. The zero-order valence-corrected chi connectivity index (χ0v) is 20.9. The third-order valence-electron chi connectivity index (χ3n) is 7.03. The molecule has 0 spiro atoms.